The van der Waals surface area contributed by atoms with Crippen LogP contribution < -0.4 is 15.5 Å². The van der Waals surface area contributed by atoms with E-state index in [1.54, 1.807) is 31.5 Å². The molecule has 0 saturated carbocycles. The lowest BCUT2D eigenvalue weighted by molar-refractivity contribution is -0.119. The normalized spacial score (nSPS) is 10.7. The van der Waals surface area contributed by atoms with Gasteiger partial charge in [-0.3, -0.25) is 4.79 Å². The molecule has 1 heterocycles. The van der Waals surface area contributed by atoms with Crippen molar-refractivity contribution >= 4 is 11.9 Å². The standard InChI is InChI=1S/C14H25N5O2/c1-11(2)16-7-12-8-17-14(18-9-12)19(3)10-13(20)15-5-6-21-4/h8-9,11,16H,5-7,10H2,1-4H3,(H,15,20). The van der Waals surface area contributed by atoms with E-state index in [2.05, 4.69) is 34.4 Å². The zero-order valence-corrected chi connectivity index (χ0v) is 13.2. The zero-order valence-electron chi connectivity index (χ0n) is 13.2. The van der Waals surface area contributed by atoms with Crippen molar-refractivity contribution in [1.29, 1.82) is 0 Å². The largest absolute Gasteiger partial charge is 0.383 e. The minimum atomic E-state index is -0.0799. The minimum absolute atomic E-state index is 0.0799. The minimum Gasteiger partial charge on any atom is -0.383 e. The number of ether oxygens (including phenoxy) is 1. The predicted octanol–water partition coefficient (Wildman–Crippen LogP) is 0.173. The van der Waals surface area contributed by atoms with Crippen LogP contribution in [0.4, 0.5) is 5.95 Å². The van der Waals surface area contributed by atoms with Gasteiger partial charge < -0.3 is 20.3 Å². The van der Waals surface area contributed by atoms with Gasteiger partial charge in [0.25, 0.3) is 0 Å². The van der Waals surface area contributed by atoms with Gasteiger partial charge in [-0.05, 0) is 0 Å². The van der Waals surface area contributed by atoms with Gasteiger partial charge in [0.1, 0.15) is 0 Å². The van der Waals surface area contributed by atoms with Crippen molar-refractivity contribution in [2.75, 3.05) is 38.8 Å². The summed E-state index contributed by atoms with van der Waals surface area (Å²) in [5.41, 5.74) is 1.02. The van der Waals surface area contributed by atoms with Gasteiger partial charge >= 0.3 is 0 Å². The van der Waals surface area contributed by atoms with Crippen LogP contribution in [-0.2, 0) is 16.1 Å². The van der Waals surface area contributed by atoms with Crippen molar-refractivity contribution < 1.29 is 9.53 Å². The van der Waals surface area contributed by atoms with Crippen molar-refractivity contribution in [2.24, 2.45) is 0 Å². The molecular weight excluding hydrogens is 270 g/mol. The van der Waals surface area contributed by atoms with E-state index in [0.717, 1.165) is 12.1 Å². The Hall–Kier alpha value is -1.73. The van der Waals surface area contributed by atoms with Gasteiger partial charge in [-0.25, -0.2) is 9.97 Å². The van der Waals surface area contributed by atoms with Gasteiger partial charge in [0.2, 0.25) is 11.9 Å². The Bertz CT molecular complexity index is 422. The summed E-state index contributed by atoms with van der Waals surface area (Å²) in [6.07, 6.45) is 3.55. The molecule has 1 amide bonds. The average Bonchev–Trinajstić information content (AvgIpc) is 2.45. The van der Waals surface area contributed by atoms with E-state index in [1.165, 1.54) is 0 Å². The molecule has 21 heavy (non-hydrogen) atoms. The number of nitrogens with one attached hydrogen (secondary N) is 2. The van der Waals surface area contributed by atoms with Crippen LogP contribution in [0.2, 0.25) is 0 Å². The highest BCUT2D eigenvalue weighted by molar-refractivity contribution is 5.80. The zero-order chi connectivity index (χ0) is 15.7. The summed E-state index contributed by atoms with van der Waals surface area (Å²) < 4.78 is 4.88. The number of anilines is 1. The van der Waals surface area contributed by atoms with Crippen LogP contribution in [0.25, 0.3) is 0 Å². The first-order valence-electron chi connectivity index (χ1n) is 7.04. The molecule has 0 aliphatic rings. The van der Waals surface area contributed by atoms with E-state index in [0.29, 0.717) is 25.1 Å². The van der Waals surface area contributed by atoms with Gasteiger partial charge in [0.05, 0.1) is 13.2 Å². The van der Waals surface area contributed by atoms with Crippen LogP contribution in [0.3, 0.4) is 0 Å². The van der Waals surface area contributed by atoms with Crippen molar-refractivity contribution in [3.63, 3.8) is 0 Å². The number of hydrogen-bond acceptors (Lipinski definition) is 6. The molecule has 0 saturated heterocycles. The van der Waals surface area contributed by atoms with Crippen LogP contribution in [-0.4, -0.2) is 55.8 Å². The van der Waals surface area contributed by atoms with E-state index in [-0.39, 0.29) is 12.5 Å². The Kier molecular flexibility index (Phi) is 7.63. The van der Waals surface area contributed by atoms with Crippen molar-refractivity contribution in [3.05, 3.63) is 18.0 Å². The molecule has 0 aliphatic heterocycles. The van der Waals surface area contributed by atoms with E-state index in [1.807, 2.05) is 0 Å². The summed E-state index contributed by atoms with van der Waals surface area (Å²) in [6, 6.07) is 0.420. The Balaban J connectivity index is 2.43. The summed E-state index contributed by atoms with van der Waals surface area (Å²) in [4.78, 5) is 21.9. The number of amides is 1. The topological polar surface area (TPSA) is 79.4 Å². The third kappa shape index (κ3) is 7.01. The SMILES string of the molecule is COCCNC(=O)CN(C)c1ncc(CNC(C)C)cn1. The monoisotopic (exact) mass is 295 g/mol. The second-order valence-electron chi connectivity index (χ2n) is 5.13. The Morgan fingerprint density at radius 2 is 2.05 bits per heavy atom. The number of aromatic nitrogens is 2. The summed E-state index contributed by atoms with van der Waals surface area (Å²) >= 11 is 0. The second-order valence-corrected chi connectivity index (χ2v) is 5.13. The van der Waals surface area contributed by atoms with E-state index < -0.39 is 0 Å². The lowest BCUT2D eigenvalue weighted by Crippen LogP contribution is -2.37. The summed E-state index contributed by atoms with van der Waals surface area (Å²) in [7, 11) is 3.39. The molecule has 1 aromatic heterocycles. The molecule has 7 nitrogen and oxygen atoms in total. The molecular formula is C14H25N5O2. The van der Waals surface area contributed by atoms with Crippen LogP contribution in [0, 0.1) is 0 Å². The molecule has 0 atom stereocenters. The maximum Gasteiger partial charge on any atom is 0.239 e. The second kappa shape index (κ2) is 9.25. The Labute approximate surface area is 126 Å². The van der Waals surface area contributed by atoms with E-state index in [9.17, 15) is 4.79 Å². The van der Waals surface area contributed by atoms with Gasteiger partial charge in [-0.2, -0.15) is 0 Å². The predicted molar refractivity (Wildman–Crippen MR) is 82.2 cm³/mol. The van der Waals surface area contributed by atoms with Gasteiger partial charge in [-0.15, -0.1) is 0 Å². The quantitative estimate of drug-likeness (QED) is 0.632. The molecule has 0 spiro atoms. The highest BCUT2D eigenvalue weighted by Gasteiger charge is 2.09. The third-order valence-corrected chi connectivity index (χ3v) is 2.76. The van der Waals surface area contributed by atoms with Crippen LogP contribution >= 0.6 is 0 Å². The maximum absolute atomic E-state index is 11.7. The number of nitrogens with zero attached hydrogens (tertiary/aromatic N) is 3. The number of carbonyl (C=O) groups is 1. The van der Waals surface area contributed by atoms with E-state index >= 15 is 0 Å². The molecule has 0 bridgehead atoms. The Morgan fingerprint density at radius 1 is 1.38 bits per heavy atom. The first-order valence-corrected chi connectivity index (χ1v) is 7.04. The highest BCUT2D eigenvalue weighted by atomic mass is 16.5. The maximum atomic E-state index is 11.7. The van der Waals surface area contributed by atoms with Crippen molar-refractivity contribution in [2.45, 2.75) is 26.4 Å². The van der Waals surface area contributed by atoms with Crippen LogP contribution in [0.1, 0.15) is 19.4 Å². The molecule has 0 aliphatic carbocycles. The van der Waals surface area contributed by atoms with E-state index in [4.69, 9.17) is 4.74 Å². The molecule has 0 aromatic carbocycles. The lowest BCUT2D eigenvalue weighted by atomic mass is 10.3. The highest BCUT2D eigenvalue weighted by Crippen LogP contribution is 2.04. The molecule has 1 rings (SSSR count). The Morgan fingerprint density at radius 3 is 2.62 bits per heavy atom. The molecule has 7 heteroatoms. The summed E-state index contributed by atoms with van der Waals surface area (Å²) in [6.45, 7) is 6.14. The first-order chi connectivity index (χ1) is 10.0. The fourth-order valence-corrected chi connectivity index (χ4v) is 1.59. The number of likely N-dealkylation sites (N-methyl/N-ethyl adjacent to an activating group) is 1. The fourth-order valence-electron chi connectivity index (χ4n) is 1.59. The molecule has 0 fully saturated rings. The number of rotatable bonds is 9. The van der Waals surface area contributed by atoms with Crippen molar-refractivity contribution in [3.8, 4) is 0 Å². The van der Waals surface area contributed by atoms with Crippen LogP contribution in [0.15, 0.2) is 12.4 Å². The summed E-state index contributed by atoms with van der Waals surface area (Å²) in [5.74, 6) is 0.453. The number of hydrogen-bond donors (Lipinski definition) is 2. The van der Waals surface area contributed by atoms with Crippen LogP contribution in [0.5, 0.6) is 0 Å². The molecule has 118 valence electrons. The molecule has 0 radical (unpaired) electrons. The summed E-state index contributed by atoms with van der Waals surface area (Å²) in [5, 5.41) is 6.06. The third-order valence-electron chi connectivity index (χ3n) is 2.76. The lowest BCUT2D eigenvalue weighted by Gasteiger charge is -2.16. The molecule has 0 unspecified atom stereocenters. The first kappa shape index (κ1) is 17.3. The average molecular weight is 295 g/mol. The molecule has 1 aromatic rings. The van der Waals surface area contributed by atoms with Crippen molar-refractivity contribution in [1.82, 2.24) is 20.6 Å². The van der Waals surface area contributed by atoms with Gasteiger partial charge in [0, 0.05) is 51.2 Å². The molecule has 2 N–H and O–H groups in total. The fraction of sp³-hybridized carbons (Fsp3) is 0.643. The number of carbonyl (C=O) groups excluding carboxylic acids is 1. The van der Waals surface area contributed by atoms with Gasteiger partial charge in [0.15, 0.2) is 0 Å². The smallest absolute Gasteiger partial charge is 0.239 e. The van der Waals surface area contributed by atoms with Gasteiger partial charge in [-0.1, -0.05) is 13.8 Å². The number of methoxy groups -OCH3 is 1.